The smallest absolute Gasteiger partial charge is 0.330 e. The Labute approximate surface area is 194 Å². The molecule has 1 saturated heterocycles. The predicted octanol–water partition coefficient (Wildman–Crippen LogP) is 1.31. The fraction of sp³-hybridized carbons (Fsp3) is 0.381. The van der Waals surface area contributed by atoms with Crippen LogP contribution in [0.3, 0.4) is 0 Å². The van der Waals surface area contributed by atoms with Crippen LogP contribution in [-0.2, 0) is 14.3 Å². The minimum atomic E-state index is -0.991. The first kappa shape index (κ1) is 23.2. The van der Waals surface area contributed by atoms with Gasteiger partial charge in [-0.1, -0.05) is 0 Å². The van der Waals surface area contributed by atoms with Crippen LogP contribution in [0.5, 0.6) is 23.5 Å². The molecule has 3 N–H and O–H groups in total. The summed E-state index contributed by atoms with van der Waals surface area (Å²) >= 11 is 0. The monoisotopic (exact) mass is 472 g/mol. The lowest BCUT2D eigenvalue weighted by molar-refractivity contribution is -0.137. The summed E-state index contributed by atoms with van der Waals surface area (Å²) in [5.41, 5.74) is 3.35. The minimum absolute atomic E-state index is 0.0681. The predicted molar refractivity (Wildman–Crippen MR) is 118 cm³/mol. The van der Waals surface area contributed by atoms with Gasteiger partial charge in [-0.3, -0.25) is 4.79 Å². The van der Waals surface area contributed by atoms with E-state index in [4.69, 9.17) is 24.2 Å². The Morgan fingerprint density at radius 3 is 2.82 bits per heavy atom. The second kappa shape index (κ2) is 10.8. The molecule has 1 atom stereocenters. The van der Waals surface area contributed by atoms with E-state index in [0.29, 0.717) is 55.4 Å². The lowest BCUT2D eigenvalue weighted by atomic mass is 10.2. The largest absolute Gasteiger partial charge is 0.481 e. The van der Waals surface area contributed by atoms with Gasteiger partial charge in [0.2, 0.25) is 5.95 Å². The molecule has 180 valence electrons. The van der Waals surface area contributed by atoms with E-state index in [1.807, 2.05) is 4.90 Å². The molecule has 0 spiro atoms. The van der Waals surface area contributed by atoms with Gasteiger partial charge in [-0.2, -0.15) is 9.97 Å². The first-order valence-electron chi connectivity index (χ1n) is 10.6. The minimum Gasteiger partial charge on any atom is -0.481 e. The Balaban J connectivity index is 1.50. The van der Waals surface area contributed by atoms with Crippen LogP contribution < -0.4 is 24.7 Å². The summed E-state index contributed by atoms with van der Waals surface area (Å²) in [4.78, 5) is 45.4. The quantitative estimate of drug-likeness (QED) is 0.271. The van der Waals surface area contributed by atoms with Crippen molar-refractivity contribution in [2.75, 3.05) is 38.3 Å². The highest BCUT2D eigenvalue weighted by Crippen LogP contribution is 2.31. The van der Waals surface area contributed by atoms with Gasteiger partial charge in [0.05, 0.1) is 26.4 Å². The molecule has 0 amide bonds. The van der Waals surface area contributed by atoms with Crippen molar-refractivity contribution in [2.24, 2.45) is 0 Å². The Kier molecular flexibility index (Phi) is 7.34. The molecule has 1 aromatic carbocycles. The average molecular weight is 472 g/mol. The number of fused-ring (bicyclic) bond motifs is 1. The van der Waals surface area contributed by atoms with Crippen molar-refractivity contribution >= 4 is 29.1 Å². The van der Waals surface area contributed by atoms with E-state index in [1.165, 1.54) is 7.11 Å². The Bertz CT molecular complexity index is 1150. The van der Waals surface area contributed by atoms with E-state index in [1.54, 1.807) is 24.4 Å². The summed E-state index contributed by atoms with van der Waals surface area (Å²) in [5.74, 6) is 0.289. The van der Waals surface area contributed by atoms with Gasteiger partial charge in [0.25, 0.3) is 0 Å². The van der Waals surface area contributed by atoms with Gasteiger partial charge in [-0.05, 0) is 24.6 Å². The van der Waals surface area contributed by atoms with Crippen molar-refractivity contribution in [3.63, 3.8) is 0 Å². The summed E-state index contributed by atoms with van der Waals surface area (Å²) in [7, 11) is 1.47. The molecule has 3 aromatic rings. The van der Waals surface area contributed by atoms with Gasteiger partial charge in [-0.15, -0.1) is 10.5 Å². The number of nitrogens with one attached hydrogen (secondary N) is 2. The van der Waals surface area contributed by atoms with Gasteiger partial charge >= 0.3 is 18.0 Å². The molecule has 1 aliphatic rings. The van der Waals surface area contributed by atoms with Crippen molar-refractivity contribution in [3.05, 3.63) is 24.4 Å². The number of aliphatic carboxylic acids is 1. The van der Waals surface area contributed by atoms with Gasteiger partial charge in [0, 0.05) is 36.6 Å². The summed E-state index contributed by atoms with van der Waals surface area (Å²) in [6, 6.07) is 4.68. The molecule has 0 aliphatic carbocycles. The first-order valence-corrected chi connectivity index (χ1v) is 10.6. The topological polar surface area (TPSA) is 161 Å². The number of H-pyrrole nitrogens is 1. The highest BCUT2D eigenvalue weighted by molar-refractivity contribution is 5.87. The van der Waals surface area contributed by atoms with Crippen LogP contribution in [0.25, 0.3) is 10.9 Å². The molecule has 13 nitrogen and oxygen atoms in total. The maximum absolute atomic E-state index is 11.2. The van der Waals surface area contributed by atoms with Crippen LogP contribution in [0.2, 0.25) is 0 Å². The lowest BCUT2D eigenvalue weighted by Gasteiger charge is -2.26. The third-order valence-corrected chi connectivity index (χ3v) is 5.04. The van der Waals surface area contributed by atoms with Crippen LogP contribution in [0, 0.1) is 0 Å². The van der Waals surface area contributed by atoms with Crippen LogP contribution in [-0.4, -0.2) is 76.8 Å². The third-order valence-electron chi connectivity index (χ3n) is 5.04. The number of hydrogen-bond donors (Lipinski definition) is 3. The SMILES string of the molecule is COc1nc(Oc2ccc3[nH]cc(ON[C@H](C=O)CCC(=O)O)c3c2)nc(N2CCOCC2)n1. The number of carbonyl (C=O) groups is 2. The molecule has 13 heteroatoms. The molecule has 0 bridgehead atoms. The van der Waals surface area contributed by atoms with Gasteiger partial charge < -0.3 is 38.8 Å². The van der Waals surface area contributed by atoms with E-state index in [2.05, 4.69) is 25.4 Å². The molecular weight excluding hydrogens is 448 g/mol. The lowest BCUT2D eigenvalue weighted by Crippen LogP contribution is -2.37. The number of morpholine rings is 1. The van der Waals surface area contributed by atoms with Crippen LogP contribution in [0.1, 0.15) is 12.8 Å². The zero-order valence-corrected chi connectivity index (χ0v) is 18.4. The van der Waals surface area contributed by atoms with Crippen molar-refractivity contribution in [1.82, 2.24) is 25.4 Å². The first-order chi connectivity index (χ1) is 16.6. The zero-order chi connectivity index (χ0) is 23.9. The number of methoxy groups -OCH3 is 1. The molecule has 0 unspecified atom stereocenters. The number of ether oxygens (including phenoxy) is 3. The molecule has 0 radical (unpaired) electrons. The zero-order valence-electron chi connectivity index (χ0n) is 18.4. The van der Waals surface area contributed by atoms with E-state index in [9.17, 15) is 9.59 Å². The number of aromatic amines is 1. The average Bonchev–Trinajstić information content (AvgIpc) is 3.26. The van der Waals surface area contributed by atoms with Crippen LogP contribution in [0.4, 0.5) is 5.95 Å². The van der Waals surface area contributed by atoms with Crippen LogP contribution >= 0.6 is 0 Å². The fourth-order valence-electron chi connectivity index (χ4n) is 3.27. The number of carbonyl (C=O) groups excluding carboxylic acids is 1. The standard InChI is InChI=1S/C21H24N6O7/c1-31-20-23-19(27-6-8-32-9-7-27)24-21(25-20)33-14-3-4-16-15(10-14)17(11-22-16)34-26-13(12-28)2-5-18(29)30/h3-4,10-13,22,26H,2,5-9H2,1H3,(H,29,30)/t13-/m0/s1. The highest BCUT2D eigenvalue weighted by atomic mass is 16.6. The number of aromatic nitrogens is 4. The second-order valence-corrected chi connectivity index (χ2v) is 7.36. The number of anilines is 1. The van der Waals surface area contributed by atoms with E-state index >= 15 is 0 Å². The van der Waals surface area contributed by atoms with E-state index in [0.717, 1.165) is 5.52 Å². The summed E-state index contributed by atoms with van der Waals surface area (Å²) in [6.07, 6.45) is 2.16. The molecule has 3 heterocycles. The van der Waals surface area contributed by atoms with Gasteiger partial charge in [0.1, 0.15) is 12.0 Å². The van der Waals surface area contributed by atoms with E-state index < -0.39 is 12.0 Å². The number of carboxylic acids is 1. The third kappa shape index (κ3) is 5.68. The molecule has 34 heavy (non-hydrogen) atoms. The second-order valence-electron chi connectivity index (χ2n) is 7.36. The number of nitrogens with zero attached hydrogens (tertiary/aromatic N) is 4. The maximum Gasteiger partial charge on any atom is 0.330 e. The molecule has 1 fully saturated rings. The normalized spacial score (nSPS) is 14.6. The fourth-order valence-corrected chi connectivity index (χ4v) is 3.27. The number of aldehydes is 1. The Hall–Kier alpha value is -3.97. The van der Waals surface area contributed by atoms with Gasteiger partial charge in [-0.25, -0.2) is 0 Å². The highest BCUT2D eigenvalue weighted by Gasteiger charge is 2.18. The number of carboxylic acid groups (broad SMARTS) is 1. The molecule has 0 saturated carbocycles. The Morgan fingerprint density at radius 2 is 2.09 bits per heavy atom. The van der Waals surface area contributed by atoms with E-state index in [-0.39, 0.29) is 24.9 Å². The number of rotatable bonds is 11. The summed E-state index contributed by atoms with van der Waals surface area (Å²) in [5, 5.41) is 9.46. The number of benzene rings is 1. The molecular formula is C21H24N6O7. The van der Waals surface area contributed by atoms with Gasteiger partial charge in [0.15, 0.2) is 5.75 Å². The summed E-state index contributed by atoms with van der Waals surface area (Å²) in [6.45, 7) is 2.44. The Morgan fingerprint density at radius 1 is 1.29 bits per heavy atom. The number of hydroxylamine groups is 1. The van der Waals surface area contributed by atoms with Crippen molar-refractivity contribution in [2.45, 2.75) is 18.9 Å². The van der Waals surface area contributed by atoms with Crippen LogP contribution in [0.15, 0.2) is 24.4 Å². The van der Waals surface area contributed by atoms with Crippen molar-refractivity contribution in [3.8, 4) is 23.5 Å². The maximum atomic E-state index is 11.2. The molecule has 1 aliphatic heterocycles. The number of hydrogen-bond acceptors (Lipinski definition) is 11. The molecule has 2 aromatic heterocycles. The molecule has 4 rings (SSSR count). The summed E-state index contributed by atoms with van der Waals surface area (Å²) < 4.78 is 16.5. The van der Waals surface area contributed by atoms with Crippen molar-refractivity contribution in [1.29, 1.82) is 0 Å². The van der Waals surface area contributed by atoms with Crippen molar-refractivity contribution < 1.29 is 33.7 Å².